The zero-order chi connectivity index (χ0) is 7.84. The molecule has 0 unspecified atom stereocenters. The lowest BCUT2D eigenvalue weighted by Crippen LogP contribution is -1.90. The Kier molecular flexibility index (Phi) is 1.53. The number of halogens is 1. The van der Waals surface area contributed by atoms with Gasteiger partial charge in [0.15, 0.2) is 0 Å². The lowest BCUT2D eigenvalue weighted by molar-refractivity contribution is 1.08. The third-order valence-electron chi connectivity index (χ3n) is 1.83. The van der Waals surface area contributed by atoms with Crippen LogP contribution in [-0.2, 0) is 0 Å². The maximum absolute atomic E-state index is 4.05. The molecule has 0 atom stereocenters. The van der Waals surface area contributed by atoms with Crippen LogP contribution < -0.4 is 0 Å². The average molecular weight is 211 g/mol. The van der Waals surface area contributed by atoms with E-state index in [1.807, 2.05) is 0 Å². The summed E-state index contributed by atoms with van der Waals surface area (Å²) in [5.41, 5.74) is 3.45. The van der Waals surface area contributed by atoms with E-state index in [2.05, 4.69) is 45.2 Å². The lowest BCUT2D eigenvalue weighted by Gasteiger charge is -2.06. The normalized spacial score (nSPS) is 21.6. The number of rotatable bonds is 0. The van der Waals surface area contributed by atoms with E-state index in [0.717, 1.165) is 22.3 Å². The molecule has 0 aromatic carbocycles. The standard InChI is InChI=1S/C8H7BrN2/c1-5-3-2-4-6-7(5)10-11-8(6)9/h2,4H,3H2,1H3. The molecule has 2 aliphatic rings. The Balaban J connectivity index is 2.57. The van der Waals surface area contributed by atoms with Crippen molar-refractivity contribution in [1.82, 2.24) is 0 Å². The van der Waals surface area contributed by atoms with Crippen LogP contribution >= 0.6 is 15.9 Å². The van der Waals surface area contributed by atoms with E-state index < -0.39 is 0 Å². The number of azo groups is 1. The molecule has 0 N–H and O–H groups in total. The Morgan fingerprint density at radius 3 is 3.00 bits per heavy atom. The summed E-state index contributed by atoms with van der Waals surface area (Å²) in [4.78, 5) is 0. The second kappa shape index (κ2) is 2.41. The molecule has 0 amide bonds. The van der Waals surface area contributed by atoms with E-state index in [4.69, 9.17) is 0 Å². The summed E-state index contributed by atoms with van der Waals surface area (Å²) < 4.78 is 0.850. The third-order valence-corrected chi connectivity index (χ3v) is 2.41. The third kappa shape index (κ3) is 0.997. The van der Waals surface area contributed by atoms with Gasteiger partial charge in [0, 0.05) is 5.57 Å². The summed E-state index contributed by atoms with van der Waals surface area (Å²) in [6, 6.07) is 0. The Bertz CT molecular complexity index is 319. The zero-order valence-corrected chi connectivity index (χ0v) is 7.72. The molecule has 1 aliphatic carbocycles. The quantitative estimate of drug-likeness (QED) is 0.549. The Labute approximate surface area is 73.5 Å². The van der Waals surface area contributed by atoms with E-state index in [9.17, 15) is 0 Å². The van der Waals surface area contributed by atoms with Crippen molar-refractivity contribution in [2.75, 3.05) is 0 Å². The van der Waals surface area contributed by atoms with Crippen molar-refractivity contribution in [2.24, 2.45) is 10.2 Å². The van der Waals surface area contributed by atoms with E-state index in [1.165, 1.54) is 5.57 Å². The molecule has 0 aromatic heterocycles. The summed E-state index contributed by atoms with van der Waals surface area (Å²) in [5.74, 6) is 0. The highest BCUT2D eigenvalue weighted by atomic mass is 79.9. The van der Waals surface area contributed by atoms with Crippen LogP contribution in [0.3, 0.4) is 0 Å². The molecule has 1 heterocycles. The smallest absolute Gasteiger partial charge is 0.138 e. The van der Waals surface area contributed by atoms with Crippen molar-refractivity contribution in [1.29, 1.82) is 0 Å². The van der Waals surface area contributed by atoms with Crippen molar-refractivity contribution < 1.29 is 0 Å². The van der Waals surface area contributed by atoms with E-state index in [-0.39, 0.29) is 0 Å². The molecule has 3 heteroatoms. The fourth-order valence-electron chi connectivity index (χ4n) is 1.21. The molecule has 0 fully saturated rings. The molecule has 1 aliphatic heterocycles. The van der Waals surface area contributed by atoms with Crippen LogP contribution in [-0.4, -0.2) is 0 Å². The van der Waals surface area contributed by atoms with Gasteiger partial charge in [-0.25, -0.2) is 0 Å². The second-order valence-electron chi connectivity index (χ2n) is 2.64. The molecular weight excluding hydrogens is 204 g/mol. The summed E-state index contributed by atoms with van der Waals surface area (Å²) >= 11 is 3.34. The van der Waals surface area contributed by atoms with E-state index >= 15 is 0 Å². The van der Waals surface area contributed by atoms with Gasteiger partial charge in [0.1, 0.15) is 4.61 Å². The lowest BCUT2D eigenvalue weighted by atomic mass is 10.0. The molecule has 0 radical (unpaired) electrons. The molecule has 0 saturated heterocycles. The SMILES string of the molecule is CC1=C2N=NC(Br)=C2C=CC1. The summed E-state index contributed by atoms with van der Waals surface area (Å²) in [5, 5.41) is 8.00. The zero-order valence-electron chi connectivity index (χ0n) is 6.13. The maximum Gasteiger partial charge on any atom is 0.138 e. The molecular formula is C8H7BrN2. The minimum absolute atomic E-state index is 0.850. The van der Waals surface area contributed by atoms with Crippen LogP contribution in [0.15, 0.2) is 43.8 Å². The number of allylic oxidation sites excluding steroid dienone is 3. The van der Waals surface area contributed by atoms with Gasteiger partial charge in [0.25, 0.3) is 0 Å². The summed E-state index contributed by atoms with van der Waals surface area (Å²) in [6.45, 7) is 2.09. The molecule has 11 heavy (non-hydrogen) atoms. The molecule has 0 aromatic rings. The summed E-state index contributed by atoms with van der Waals surface area (Å²) in [6.07, 6.45) is 5.19. The molecule has 56 valence electrons. The molecule has 0 saturated carbocycles. The highest BCUT2D eigenvalue weighted by Gasteiger charge is 2.17. The number of hydrogen-bond acceptors (Lipinski definition) is 2. The van der Waals surface area contributed by atoms with Crippen LogP contribution in [0.5, 0.6) is 0 Å². The minimum atomic E-state index is 0.850. The average Bonchev–Trinajstić information content (AvgIpc) is 2.35. The van der Waals surface area contributed by atoms with E-state index in [0.29, 0.717) is 0 Å². The van der Waals surface area contributed by atoms with Gasteiger partial charge in [-0.15, -0.1) is 10.2 Å². The van der Waals surface area contributed by atoms with Gasteiger partial charge in [-0.05, 0) is 34.8 Å². The Morgan fingerprint density at radius 2 is 2.27 bits per heavy atom. The van der Waals surface area contributed by atoms with Gasteiger partial charge in [0.05, 0.1) is 5.70 Å². The van der Waals surface area contributed by atoms with Crippen LogP contribution in [0.25, 0.3) is 0 Å². The van der Waals surface area contributed by atoms with Crippen LogP contribution in [0.2, 0.25) is 0 Å². The number of fused-ring (bicyclic) bond motifs is 1. The fraction of sp³-hybridized carbons (Fsp3) is 0.250. The Morgan fingerprint density at radius 1 is 1.45 bits per heavy atom. The molecule has 0 spiro atoms. The monoisotopic (exact) mass is 210 g/mol. The topological polar surface area (TPSA) is 24.7 Å². The largest absolute Gasteiger partial charge is 0.149 e. The molecule has 0 bridgehead atoms. The number of hydrogen-bond donors (Lipinski definition) is 0. The van der Waals surface area contributed by atoms with Crippen LogP contribution in [0.4, 0.5) is 0 Å². The first-order valence-electron chi connectivity index (χ1n) is 3.47. The Hall–Kier alpha value is -0.700. The second-order valence-corrected chi connectivity index (χ2v) is 3.39. The van der Waals surface area contributed by atoms with Crippen molar-refractivity contribution in [2.45, 2.75) is 13.3 Å². The van der Waals surface area contributed by atoms with Gasteiger partial charge < -0.3 is 0 Å². The minimum Gasteiger partial charge on any atom is -0.149 e. The predicted molar refractivity (Wildman–Crippen MR) is 47.3 cm³/mol. The highest BCUT2D eigenvalue weighted by molar-refractivity contribution is 9.11. The van der Waals surface area contributed by atoms with E-state index in [1.54, 1.807) is 0 Å². The molecule has 2 rings (SSSR count). The van der Waals surface area contributed by atoms with Gasteiger partial charge in [0.2, 0.25) is 0 Å². The highest BCUT2D eigenvalue weighted by Crippen LogP contribution is 2.35. The van der Waals surface area contributed by atoms with Crippen molar-refractivity contribution in [3.63, 3.8) is 0 Å². The van der Waals surface area contributed by atoms with Gasteiger partial charge in [-0.3, -0.25) is 0 Å². The molecule has 2 nitrogen and oxygen atoms in total. The van der Waals surface area contributed by atoms with Gasteiger partial charge in [-0.2, -0.15) is 0 Å². The first kappa shape index (κ1) is 6.98. The van der Waals surface area contributed by atoms with Crippen molar-refractivity contribution in [3.8, 4) is 0 Å². The first-order valence-corrected chi connectivity index (χ1v) is 4.26. The van der Waals surface area contributed by atoms with Gasteiger partial charge in [-0.1, -0.05) is 12.2 Å². The number of nitrogens with zero attached hydrogens (tertiary/aromatic N) is 2. The predicted octanol–water partition coefficient (Wildman–Crippen LogP) is 3.29. The van der Waals surface area contributed by atoms with Crippen molar-refractivity contribution in [3.05, 3.63) is 33.6 Å². The fourth-order valence-corrected chi connectivity index (χ4v) is 1.61. The summed E-state index contributed by atoms with van der Waals surface area (Å²) in [7, 11) is 0. The van der Waals surface area contributed by atoms with Crippen LogP contribution in [0, 0.1) is 0 Å². The van der Waals surface area contributed by atoms with Crippen molar-refractivity contribution >= 4 is 15.9 Å². The van der Waals surface area contributed by atoms with Gasteiger partial charge >= 0.3 is 0 Å². The van der Waals surface area contributed by atoms with Crippen LogP contribution in [0.1, 0.15) is 13.3 Å². The first-order chi connectivity index (χ1) is 5.29. The maximum atomic E-state index is 4.05.